The van der Waals surface area contributed by atoms with Gasteiger partial charge in [0.15, 0.2) is 0 Å². The fourth-order valence-electron chi connectivity index (χ4n) is 7.47. The van der Waals surface area contributed by atoms with Crippen molar-refractivity contribution < 1.29 is 23.9 Å². The van der Waals surface area contributed by atoms with Crippen LogP contribution in [0.25, 0.3) is 44.4 Å². The van der Waals surface area contributed by atoms with E-state index < -0.39 is 11.2 Å². The third-order valence-corrected chi connectivity index (χ3v) is 10.0. The van der Waals surface area contributed by atoms with Gasteiger partial charge in [-0.3, -0.25) is 14.6 Å². The zero-order chi connectivity index (χ0) is 39.1. The van der Waals surface area contributed by atoms with Gasteiger partial charge in [-0.05, 0) is 106 Å². The summed E-state index contributed by atoms with van der Waals surface area (Å²) in [4.78, 5) is 57.5. The van der Waals surface area contributed by atoms with Crippen LogP contribution in [0, 0.1) is 5.92 Å². The van der Waals surface area contributed by atoms with Crippen LogP contribution in [0.5, 0.6) is 0 Å². The highest BCUT2D eigenvalue weighted by Gasteiger charge is 2.40. The minimum Gasteiger partial charge on any atom is -0.444 e. The van der Waals surface area contributed by atoms with Crippen LogP contribution in [0.4, 0.5) is 9.59 Å². The zero-order valence-corrected chi connectivity index (χ0v) is 32.7. The standard InChI is InChI=1S/C43H51N7O5/c1-26(51)44-22-27-19-37(50(25-27)41(53)55-43(5,6)7)39-46-23-34(47-39)29-12-10-28(11-13-29)30-14-15-32-21-33(17-16-31(32)20-30)35-24-45-38(48-35)36-9-8-18-49(36)40(52)54-42(2,3)4/h10-17,20-21,23-24,27,36-37H,8-9,18-19,22,25H2,1-7H3,(H,44,51)(H,45,48)(H,46,47). The molecule has 12 nitrogen and oxygen atoms in total. The first-order chi connectivity index (χ1) is 26.1. The maximum Gasteiger partial charge on any atom is 0.410 e. The highest BCUT2D eigenvalue weighted by Crippen LogP contribution is 2.37. The third-order valence-electron chi connectivity index (χ3n) is 10.0. The first-order valence-corrected chi connectivity index (χ1v) is 19.1. The Kier molecular flexibility index (Phi) is 10.2. The molecular weight excluding hydrogens is 695 g/mol. The van der Waals surface area contributed by atoms with Gasteiger partial charge in [-0.2, -0.15) is 0 Å². The Bertz CT molecular complexity index is 2190. The van der Waals surface area contributed by atoms with Crippen molar-refractivity contribution in [2.24, 2.45) is 5.92 Å². The number of rotatable bonds is 7. The van der Waals surface area contributed by atoms with E-state index in [1.165, 1.54) is 6.92 Å². The maximum absolute atomic E-state index is 13.2. The Morgan fingerprint density at radius 3 is 1.87 bits per heavy atom. The number of hydrogen-bond donors (Lipinski definition) is 3. The smallest absolute Gasteiger partial charge is 0.410 e. The van der Waals surface area contributed by atoms with Crippen molar-refractivity contribution in [2.75, 3.05) is 19.6 Å². The molecule has 3 N–H and O–H groups in total. The second-order valence-electron chi connectivity index (χ2n) is 16.7. The molecule has 2 aliphatic rings. The molecule has 0 saturated carbocycles. The molecule has 0 spiro atoms. The fourth-order valence-corrected chi connectivity index (χ4v) is 7.47. The van der Waals surface area contributed by atoms with Crippen LogP contribution in [0.2, 0.25) is 0 Å². The van der Waals surface area contributed by atoms with Gasteiger partial charge in [0.2, 0.25) is 5.91 Å². The van der Waals surface area contributed by atoms with Gasteiger partial charge < -0.3 is 24.8 Å². The maximum atomic E-state index is 13.2. The average Bonchev–Trinajstić information content (AvgIpc) is 3.95. The number of carbonyl (C=O) groups is 3. The number of nitrogens with one attached hydrogen (secondary N) is 3. The van der Waals surface area contributed by atoms with E-state index in [0.717, 1.165) is 63.1 Å². The highest BCUT2D eigenvalue weighted by atomic mass is 16.6. The molecule has 5 aromatic rings. The second-order valence-corrected chi connectivity index (χ2v) is 16.7. The SMILES string of the molecule is CC(=O)NCC1CC(c2ncc(-c3ccc(-c4ccc5cc(-c6cnc(C7CCCN7C(=O)OC(C)(C)C)[nH]6)ccc5c4)cc3)[nH]2)N(C(=O)OC(C)(C)C)C1. The summed E-state index contributed by atoms with van der Waals surface area (Å²) < 4.78 is 11.4. The first kappa shape index (κ1) is 37.7. The average molecular weight is 746 g/mol. The number of aromatic amines is 2. The zero-order valence-electron chi connectivity index (χ0n) is 32.7. The lowest BCUT2D eigenvalue weighted by Crippen LogP contribution is -2.37. The van der Waals surface area contributed by atoms with E-state index >= 15 is 0 Å². The lowest BCUT2D eigenvalue weighted by molar-refractivity contribution is -0.119. The fraction of sp³-hybridized carbons (Fsp3) is 0.419. The molecule has 288 valence electrons. The van der Waals surface area contributed by atoms with Crippen LogP contribution < -0.4 is 5.32 Å². The number of H-pyrrole nitrogens is 2. The molecule has 4 heterocycles. The van der Waals surface area contributed by atoms with Gasteiger partial charge in [-0.1, -0.05) is 48.5 Å². The number of amides is 3. The van der Waals surface area contributed by atoms with Crippen molar-refractivity contribution in [2.45, 2.75) is 91.0 Å². The van der Waals surface area contributed by atoms with Crippen molar-refractivity contribution >= 4 is 28.9 Å². The lowest BCUT2D eigenvalue weighted by atomic mass is 9.98. The molecule has 3 atom stereocenters. The van der Waals surface area contributed by atoms with Crippen molar-refractivity contribution in [3.05, 3.63) is 84.7 Å². The molecule has 55 heavy (non-hydrogen) atoms. The first-order valence-electron chi connectivity index (χ1n) is 19.1. The van der Waals surface area contributed by atoms with E-state index in [1.54, 1.807) is 16.0 Å². The molecule has 2 aliphatic heterocycles. The Hall–Kier alpha value is -5.65. The molecule has 2 aromatic heterocycles. The summed E-state index contributed by atoms with van der Waals surface area (Å²) in [5.74, 6) is 1.46. The third kappa shape index (κ3) is 8.69. The van der Waals surface area contributed by atoms with Crippen molar-refractivity contribution in [1.29, 1.82) is 0 Å². The van der Waals surface area contributed by atoms with Crippen molar-refractivity contribution in [3.63, 3.8) is 0 Å². The summed E-state index contributed by atoms with van der Waals surface area (Å²) in [6, 6.07) is 20.8. The number of nitrogens with zero attached hydrogens (tertiary/aromatic N) is 4. The van der Waals surface area contributed by atoms with E-state index in [0.29, 0.717) is 31.9 Å². The molecule has 0 bridgehead atoms. The minimum atomic E-state index is -0.628. The predicted molar refractivity (Wildman–Crippen MR) is 212 cm³/mol. The molecule has 12 heteroatoms. The number of ether oxygens (including phenoxy) is 2. The van der Waals surface area contributed by atoms with Gasteiger partial charge in [-0.25, -0.2) is 19.6 Å². The number of imidazole rings is 2. The van der Waals surface area contributed by atoms with Crippen LogP contribution in [0.1, 0.15) is 91.5 Å². The monoisotopic (exact) mass is 745 g/mol. The summed E-state index contributed by atoms with van der Waals surface area (Å²) in [6.07, 6.45) is 5.37. The molecule has 0 radical (unpaired) electrons. The van der Waals surface area contributed by atoms with Gasteiger partial charge in [0.1, 0.15) is 22.9 Å². The summed E-state index contributed by atoms with van der Waals surface area (Å²) in [5.41, 5.74) is 4.79. The van der Waals surface area contributed by atoms with E-state index in [4.69, 9.17) is 14.5 Å². The Morgan fingerprint density at radius 2 is 1.25 bits per heavy atom. The lowest BCUT2D eigenvalue weighted by Gasteiger charge is -2.27. The van der Waals surface area contributed by atoms with Gasteiger partial charge in [0, 0.05) is 32.1 Å². The quantitative estimate of drug-likeness (QED) is 0.151. The predicted octanol–water partition coefficient (Wildman–Crippen LogP) is 8.79. The largest absolute Gasteiger partial charge is 0.444 e. The number of benzene rings is 3. The topological polar surface area (TPSA) is 146 Å². The number of aromatic nitrogens is 4. The number of fused-ring (bicyclic) bond motifs is 1. The summed E-state index contributed by atoms with van der Waals surface area (Å²) >= 11 is 0. The van der Waals surface area contributed by atoms with Crippen LogP contribution in [0.15, 0.2) is 73.1 Å². The van der Waals surface area contributed by atoms with Gasteiger partial charge in [0.25, 0.3) is 0 Å². The Labute approximate surface area is 322 Å². The molecular formula is C43H51N7O5. The molecule has 7 rings (SSSR count). The van der Waals surface area contributed by atoms with Gasteiger partial charge >= 0.3 is 12.2 Å². The van der Waals surface area contributed by atoms with Crippen LogP contribution >= 0.6 is 0 Å². The van der Waals surface area contributed by atoms with Crippen LogP contribution in [0.3, 0.4) is 0 Å². The Balaban J connectivity index is 1.04. The van der Waals surface area contributed by atoms with Crippen LogP contribution in [-0.2, 0) is 14.3 Å². The molecule has 2 fully saturated rings. The van der Waals surface area contributed by atoms with Crippen molar-refractivity contribution in [3.8, 4) is 33.6 Å². The summed E-state index contributed by atoms with van der Waals surface area (Å²) in [6.45, 7) is 14.3. The van der Waals surface area contributed by atoms with E-state index in [9.17, 15) is 14.4 Å². The van der Waals surface area contributed by atoms with Crippen molar-refractivity contribution in [1.82, 2.24) is 35.1 Å². The molecule has 3 aromatic carbocycles. The summed E-state index contributed by atoms with van der Waals surface area (Å²) in [5, 5.41) is 5.13. The number of likely N-dealkylation sites (tertiary alicyclic amines) is 2. The van der Waals surface area contributed by atoms with Gasteiger partial charge in [-0.15, -0.1) is 0 Å². The summed E-state index contributed by atoms with van der Waals surface area (Å²) in [7, 11) is 0. The van der Waals surface area contributed by atoms with Crippen LogP contribution in [-0.4, -0.2) is 78.7 Å². The second kappa shape index (κ2) is 14.9. The molecule has 2 saturated heterocycles. The minimum absolute atomic E-state index is 0.0847. The number of hydrogen-bond acceptors (Lipinski definition) is 7. The van der Waals surface area contributed by atoms with Gasteiger partial charge in [0.05, 0.1) is 35.9 Å². The van der Waals surface area contributed by atoms with E-state index in [2.05, 4.69) is 80.9 Å². The van der Waals surface area contributed by atoms with E-state index in [1.807, 2.05) is 47.7 Å². The Morgan fingerprint density at radius 1 is 0.727 bits per heavy atom. The number of carbonyl (C=O) groups excluding carboxylic acids is 3. The molecule has 0 aliphatic carbocycles. The molecule has 3 amide bonds. The molecule has 3 unspecified atom stereocenters. The normalized spacial score (nSPS) is 18.9. The highest BCUT2D eigenvalue weighted by molar-refractivity contribution is 5.90. The van der Waals surface area contributed by atoms with E-state index in [-0.39, 0.29) is 36.1 Å².